The molecule has 1 N–H and O–H groups in total. The molecule has 0 radical (unpaired) electrons. The predicted molar refractivity (Wildman–Crippen MR) is 40.9 cm³/mol. The average molecular weight is 250 g/mol. The van der Waals surface area contributed by atoms with E-state index in [4.69, 9.17) is 5.26 Å². The van der Waals surface area contributed by atoms with E-state index in [1.165, 1.54) is 0 Å². The van der Waals surface area contributed by atoms with Gasteiger partial charge in [-0.1, -0.05) is 0 Å². The fraction of sp³-hybridized carbons (Fsp3) is 0. The first-order valence-electron chi connectivity index (χ1n) is 2.18. The second kappa shape index (κ2) is 2.54. The van der Waals surface area contributed by atoms with Gasteiger partial charge in [-0.05, 0) is 31.9 Å². The molecule has 9 heavy (non-hydrogen) atoms. The van der Waals surface area contributed by atoms with Gasteiger partial charge in [-0.2, -0.15) is 5.26 Å². The number of halogens is 2. The first-order valence-corrected chi connectivity index (χ1v) is 3.76. The van der Waals surface area contributed by atoms with Crippen LogP contribution in [0.5, 0.6) is 0 Å². The number of nitrogens with zero attached hydrogens (tertiary/aromatic N) is 1. The third kappa shape index (κ3) is 1.17. The standard InChI is InChI=1S/C5H2Br2N2/c6-4-3(1-8)2-9-5(4)7/h2,9H. The molecule has 46 valence electrons. The summed E-state index contributed by atoms with van der Waals surface area (Å²) in [5, 5.41) is 8.41. The van der Waals surface area contributed by atoms with E-state index in [1.54, 1.807) is 6.20 Å². The fourth-order valence-electron chi connectivity index (χ4n) is 0.462. The molecule has 0 aliphatic heterocycles. The van der Waals surface area contributed by atoms with Crippen LogP contribution in [0.25, 0.3) is 0 Å². The van der Waals surface area contributed by atoms with Gasteiger partial charge in [0.15, 0.2) is 0 Å². The van der Waals surface area contributed by atoms with Crippen LogP contribution in [0.3, 0.4) is 0 Å². The maximum Gasteiger partial charge on any atom is 0.102 e. The van der Waals surface area contributed by atoms with Crippen molar-refractivity contribution in [3.63, 3.8) is 0 Å². The van der Waals surface area contributed by atoms with Gasteiger partial charge in [-0.15, -0.1) is 0 Å². The molecule has 0 saturated heterocycles. The van der Waals surface area contributed by atoms with Crippen molar-refractivity contribution in [3.8, 4) is 6.07 Å². The third-order valence-electron chi connectivity index (χ3n) is 0.893. The summed E-state index contributed by atoms with van der Waals surface area (Å²) in [5.74, 6) is 0. The molecular formula is C5H2Br2N2. The van der Waals surface area contributed by atoms with Crippen LogP contribution in [0.15, 0.2) is 15.3 Å². The van der Waals surface area contributed by atoms with Crippen molar-refractivity contribution in [3.05, 3.63) is 20.8 Å². The van der Waals surface area contributed by atoms with Crippen LogP contribution in [-0.2, 0) is 0 Å². The molecule has 0 unspecified atom stereocenters. The molecule has 1 aromatic rings. The van der Waals surface area contributed by atoms with E-state index < -0.39 is 0 Å². The molecule has 0 aromatic carbocycles. The summed E-state index contributed by atoms with van der Waals surface area (Å²) in [6.45, 7) is 0. The summed E-state index contributed by atoms with van der Waals surface area (Å²) in [5.41, 5.74) is 0.613. The minimum Gasteiger partial charge on any atom is -0.354 e. The van der Waals surface area contributed by atoms with Gasteiger partial charge in [-0.25, -0.2) is 0 Å². The van der Waals surface area contributed by atoms with E-state index >= 15 is 0 Å². The highest BCUT2D eigenvalue weighted by molar-refractivity contribution is 9.13. The lowest BCUT2D eigenvalue weighted by molar-refractivity contribution is 1.35. The highest BCUT2D eigenvalue weighted by Gasteiger charge is 2.02. The summed E-state index contributed by atoms with van der Waals surface area (Å²) < 4.78 is 1.59. The molecule has 1 heterocycles. The monoisotopic (exact) mass is 248 g/mol. The second-order valence-electron chi connectivity index (χ2n) is 1.44. The van der Waals surface area contributed by atoms with Gasteiger partial charge < -0.3 is 4.98 Å². The van der Waals surface area contributed by atoms with Gasteiger partial charge in [0.1, 0.15) is 6.07 Å². The molecule has 0 atom stereocenters. The van der Waals surface area contributed by atoms with Crippen molar-refractivity contribution >= 4 is 31.9 Å². The third-order valence-corrected chi connectivity index (χ3v) is 2.87. The molecular weight excluding hydrogens is 248 g/mol. The first kappa shape index (κ1) is 6.84. The molecule has 1 aromatic heterocycles. The zero-order valence-electron chi connectivity index (χ0n) is 4.28. The summed E-state index contributed by atoms with van der Waals surface area (Å²) >= 11 is 6.41. The zero-order chi connectivity index (χ0) is 6.85. The molecule has 4 heteroatoms. The molecule has 0 bridgehead atoms. The Labute approximate surface area is 69.1 Å². The molecule has 0 fully saturated rings. The van der Waals surface area contributed by atoms with Crippen LogP contribution in [0.1, 0.15) is 5.56 Å². The van der Waals surface area contributed by atoms with Crippen LogP contribution in [0.2, 0.25) is 0 Å². The maximum atomic E-state index is 8.41. The fourth-order valence-corrected chi connectivity index (χ4v) is 1.11. The Hall–Kier alpha value is -0.270. The Morgan fingerprint density at radius 2 is 2.22 bits per heavy atom. The van der Waals surface area contributed by atoms with Crippen LogP contribution >= 0.6 is 31.9 Å². The van der Waals surface area contributed by atoms with E-state index in [9.17, 15) is 0 Å². The zero-order valence-corrected chi connectivity index (χ0v) is 7.45. The van der Waals surface area contributed by atoms with E-state index in [2.05, 4.69) is 36.8 Å². The van der Waals surface area contributed by atoms with Crippen LogP contribution in [0, 0.1) is 11.3 Å². The first-order chi connectivity index (χ1) is 4.25. The Bertz CT molecular complexity index is 258. The number of aromatic nitrogens is 1. The van der Waals surface area contributed by atoms with E-state index in [0.717, 1.165) is 9.08 Å². The van der Waals surface area contributed by atoms with Gasteiger partial charge in [-0.3, -0.25) is 0 Å². The molecule has 0 spiro atoms. The van der Waals surface area contributed by atoms with Crippen molar-refractivity contribution in [2.24, 2.45) is 0 Å². The van der Waals surface area contributed by atoms with Crippen molar-refractivity contribution in [2.45, 2.75) is 0 Å². The molecule has 0 aliphatic rings. The molecule has 0 aliphatic carbocycles. The van der Waals surface area contributed by atoms with Gasteiger partial charge in [0.25, 0.3) is 0 Å². The minimum absolute atomic E-state index is 0.613. The Kier molecular flexibility index (Phi) is 1.94. The Morgan fingerprint density at radius 1 is 1.56 bits per heavy atom. The topological polar surface area (TPSA) is 39.6 Å². The lowest BCUT2D eigenvalue weighted by Crippen LogP contribution is -1.63. The number of hydrogen-bond donors (Lipinski definition) is 1. The lowest BCUT2D eigenvalue weighted by Gasteiger charge is -1.80. The highest BCUT2D eigenvalue weighted by atomic mass is 79.9. The van der Waals surface area contributed by atoms with Crippen LogP contribution in [0.4, 0.5) is 0 Å². The number of nitriles is 1. The summed E-state index contributed by atoms with van der Waals surface area (Å²) in [4.78, 5) is 2.84. The number of aromatic amines is 1. The molecule has 0 amide bonds. The van der Waals surface area contributed by atoms with Gasteiger partial charge in [0.2, 0.25) is 0 Å². The Balaban J connectivity index is 3.24. The maximum absolute atomic E-state index is 8.41. The SMILES string of the molecule is N#Cc1c[nH]c(Br)c1Br. The quantitative estimate of drug-likeness (QED) is 0.754. The van der Waals surface area contributed by atoms with E-state index in [0.29, 0.717) is 5.56 Å². The lowest BCUT2D eigenvalue weighted by atomic mass is 10.4. The summed E-state index contributed by atoms with van der Waals surface area (Å²) in [6, 6.07) is 2.01. The number of H-pyrrole nitrogens is 1. The highest BCUT2D eigenvalue weighted by Crippen LogP contribution is 2.24. The van der Waals surface area contributed by atoms with Crippen LogP contribution in [-0.4, -0.2) is 4.98 Å². The smallest absolute Gasteiger partial charge is 0.102 e. The normalized spacial score (nSPS) is 9.00. The van der Waals surface area contributed by atoms with Gasteiger partial charge >= 0.3 is 0 Å². The van der Waals surface area contributed by atoms with Crippen molar-refractivity contribution in [1.29, 1.82) is 5.26 Å². The van der Waals surface area contributed by atoms with Gasteiger partial charge in [0.05, 0.1) is 14.6 Å². The predicted octanol–water partition coefficient (Wildman–Crippen LogP) is 2.41. The molecule has 2 nitrogen and oxygen atoms in total. The molecule has 1 rings (SSSR count). The number of hydrogen-bond acceptors (Lipinski definition) is 1. The average Bonchev–Trinajstić information content (AvgIpc) is 2.15. The number of nitrogens with one attached hydrogen (secondary N) is 1. The summed E-state index contributed by atoms with van der Waals surface area (Å²) in [7, 11) is 0. The van der Waals surface area contributed by atoms with E-state index in [-0.39, 0.29) is 0 Å². The molecule has 0 saturated carbocycles. The van der Waals surface area contributed by atoms with Crippen LogP contribution < -0.4 is 0 Å². The minimum atomic E-state index is 0.613. The van der Waals surface area contributed by atoms with Crippen molar-refractivity contribution in [1.82, 2.24) is 4.98 Å². The number of rotatable bonds is 0. The van der Waals surface area contributed by atoms with Crippen molar-refractivity contribution < 1.29 is 0 Å². The summed E-state index contributed by atoms with van der Waals surface area (Å²) in [6.07, 6.45) is 1.63. The largest absolute Gasteiger partial charge is 0.354 e. The Morgan fingerprint density at radius 3 is 2.44 bits per heavy atom. The van der Waals surface area contributed by atoms with E-state index in [1.807, 2.05) is 6.07 Å². The van der Waals surface area contributed by atoms with Gasteiger partial charge in [0, 0.05) is 6.20 Å². The van der Waals surface area contributed by atoms with Crippen molar-refractivity contribution in [2.75, 3.05) is 0 Å². The second-order valence-corrected chi connectivity index (χ2v) is 3.03.